The summed E-state index contributed by atoms with van der Waals surface area (Å²) in [5, 5.41) is 18.5. The summed E-state index contributed by atoms with van der Waals surface area (Å²) in [4.78, 5) is 54.5. The molecule has 0 aliphatic carbocycles. The van der Waals surface area contributed by atoms with Crippen LogP contribution in [0.5, 0.6) is 0 Å². The number of carboxylic acids is 2. The lowest BCUT2D eigenvalue weighted by Gasteiger charge is -2.18. The predicted molar refractivity (Wildman–Crippen MR) is 145 cm³/mol. The summed E-state index contributed by atoms with van der Waals surface area (Å²) in [6, 6.07) is 2.05. The normalized spacial score (nSPS) is 11.3. The summed E-state index contributed by atoms with van der Waals surface area (Å²) >= 11 is 12.6. The molecular formula is C24H32Cl2N6O6. The Hall–Kier alpha value is -3.00. The molecule has 0 unspecified atom stereocenters. The van der Waals surface area contributed by atoms with Crippen molar-refractivity contribution in [1.82, 2.24) is 31.5 Å². The molecular weight excluding hydrogens is 539 g/mol. The van der Waals surface area contributed by atoms with Crippen molar-refractivity contribution in [3.05, 3.63) is 44.4 Å². The van der Waals surface area contributed by atoms with Crippen LogP contribution in [0.4, 0.5) is 0 Å². The molecule has 0 aliphatic rings. The van der Waals surface area contributed by atoms with E-state index in [2.05, 4.69) is 21.7 Å². The van der Waals surface area contributed by atoms with Gasteiger partial charge in [-0.3, -0.25) is 20.4 Å². The van der Waals surface area contributed by atoms with Crippen LogP contribution in [0.1, 0.15) is 54.3 Å². The second-order valence-corrected chi connectivity index (χ2v) is 9.81. The molecule has 0 bridgehead atoms. The molecule has 14 heteroatoms. The number of aromatic carboxylic acids is 2. The third-order valence-corrected chi connectivity index (χ3v) is 6.04. The fourth-order valence-electron chi connectivity index (χ4n) is 3.73. The van der Waals surface area contributed by atoms with Crippen LogP contribution in [0, 0.1) is 0 Å². The van der Waals surface area contributed by atoms with Gasteiger partial charge in [0.05, 0.1) is 32.3 Å². The average Bonchev–Trinajstić information content (AvgIpc) is 2.81. The summed E-state index contributed by atoms with van der Waals surface area (Å²) in [5.41, 5.74) is 8.83. The van der Waals surface area contributed by atoms with E-state index < -0.39 is 39.9 Å². The molecule has 208 valence electrons. The van der Waals surface area contributed by atoms with Crippen LogP contribution in [0.3, 0.4) is 0 Å². The van der Waals surface area contributed by atoms with Gasteiger partial charge in [0.25, 0.3) is 11.8 Å². The van der Waals surface area contributed by atoms with Crippen molar-refractivity contribution >= 4 is 57.7 Å². The Balaban J connectivity index is 2.60. The minimum absolute atomic E-state index is 0.246. The van der Waals surface area contributed by atoms with E-state index in [1.807, 2.05) is 38.0 Å². The zero-order valence-corrected chi connectivity index (χ0v) is 23.1. The van der Waals surface area contributed by atoms with Crippen molar-refractivity contribution in [1.29, 1.82) is 0 Å². The van der Waals surface area contributed by atoms with Crippen LogP contribution >= 0.6 is 23.2 Å². The van der Waals surface area contributed by atoms with Crippen LogP contribution in [-0.2, 0) is 0 Å². The maximum atomic E-state index is 13.1. The summed E-state index contributed by atoms with van der Waals surface area (Å²) in [5.74, 6) is -4.59. The molecule has 0 radical (unpaired) electrons. The number of hydrogen-bond acceptors (Lipinski definition) is 8. The van der Waals surface area contributed by atoms with Gasteiger partial charge in [-0.05, 0) is 66.3 Å². The molecule has 2 amide bonds. The Morgan fingerprint density at radius 3 is 1.63 bits per heavy atom. The van der Waals surface area contributed by atoms with Gasteiger partial charge in [-0.15, -0.1) is 0 Å². The minimum atomic E-state index is -1.51. The largest absolute Gasteiger partial charge is 0.478 e. The number of carboxylic acid groups (broad SMARTS) is 2. The highest BCUT2D eigenvalue weighted by molar-refractivity contribution is 6.40. The number of hydrazine groups is 2. The number of carbonyl (C=O) groups excluding carboxylic acids is 2. The number of halogens is 2. The number of nitrogens with one attached hydrogen (secondary N) is 4. The van der Waals surface area contributed by atoms with Crippen LogP contribution in [0.2, 0.25) is 10.0 Å². The first-order valence-electron chi connectivity index (χ1n) is 11.7. The lowest BCUT2D eigenvalue weighted by atomic mass is 9.90. The molecule has 0 atom stereocenters. The van der Waals surface area contributed by atoms with Gasteiger partial charge in [0.15, 0.2) is 0 Å². The fourth-order valence-corrected chi connectivity index (χ4v) is 4.31. The Morgan fingerprint density at radius 2 is 1.16 bits per heavy atom. The molecule has 0 fully saturated rings. The van der Waals surface area contributed by atoms with E-state index in [0.29, 0.717) is 25.9 Å². The smallest absolute Gasteiger partial charge is 0.337 e. The first-order valence-corrected chi connectivity index (χ1v) is 12.4. The van der Waals surface area contributed by atoms with Crippen LogP contribution < -0.4 is 21.7 Å². The second kappa shape index (κ2) is 14.2. The van der Waals surface area contributed by atoms with Crippen LogP contribution in [0.15, 0.2) is 12.1 Å². The van der Waals surface area contributed by atoms with E-state index in [1.54, 1.807) is 0 Å². The number of nitrogens with zero attached hydrogens (tertiary/aromatic N) is 2. The van der Waals surface area contributed by atoms with Crippen molar-refractivity contribution in [2.24, 2.45) is 0 Å². The van der Waals surface area contributed by atoms with Gasteiger partial charge < -0.3 is 20.0 Å². The van der Waals surface area contributed by atoms with E-state index in [-0.39, 0.29) is 26.9 Å². The van der Waals surface area contributed by atoms with Crippen molar-refractivity contribution in [2.75, 3.05) is 54.4 Å². The minimum Gasteiger partial charge on any atom is -0.478 e. The number of rotatable bonds is 14. The molecule has 0 saturated carbocycles. The van der Waals surface area contributed by atoms with Crippen molar-refractivity contribution in [3.8, 4) is 0 Å². The highest BCUT2D eigenvalue weighted by Gasteiger charge is 2.30. The third-order valence-electron chi connectivity index (χ3n) is 5.44. The summed E-state index contributed by atoms with van der Waals surface area (Å²) < 4.78 is 0. The van der Waals surface area contributed by atoms with Gasteiger partial charge in [-0.1, -0.05) is 23.2 Å². The second-order valence-electron chi connectivity index (χ2n) is 9.00. The SMILES string of the molecule is CN(C)CCCNNC(=O)c1cc(Cl)c(C(=O)NNCCCN(C)C)c2c(C(=O)O)cc(Cl)c(C(=O)O)c12. The Bertz CT molecular complexity index is 1220. The van der Waals surface area contributed by atoms with Gasteiger partial charge in [0, 0.05) is 23.9 Å². The van der Waals surface area contributed by atoms with E-state index in [4.69, 9.17) is 23.2 Å². The molecule has 6 N–H and O–H groups in total. The molecule has 0 heterocycles. The van der Waals surface area contributed by atoms with Gasteiger partial charge in [-0.2, -0.15) is 0 Å². The number of carbonyl (C=O) groups is 4. The molecule has 2 aromatic rings. The van der Waals surface area contributed by atoms with E-state index in [9.17, 15) is 29.4 Å². The van der Waals surface area contributed by atoms with E-state index in [1.165, 1.54) is 0 Å². The van der Waals surface area contributed by atoms with Crippen LogP contribution in [-0.4, -0.2) is 98.1 Å². The van der Waals surface area contributed by atoms with Gasteiger partial charge in [-0.25, -0.2) is 20.4 Å². The third kappa shape index (κ3) is 8.00. The molecule has 0 aromatic heterocycles. The number of amides is 2. The average molecular weight is 571 g/mol. The monoisotopic (exact) mass is 570 g/mol. The molecule has 38 heavy (non-hydrogen) atoms. The molecule has 0 aliphatic heterocycles. The highest BCUT2D eigenvalue weighted by atomic mass is 35.5. The summed E-state index contributed by atoms with van der Waals surface area (Å²) in [6.45, 7) is 2.31. The summed E-state index contributed by atoms with van der Waals surface area (Å²) in [7, 11) is 7.61. The van der Waals surface area contributed by atoms with Crippen molar-refractivity contribution in [2.45, 2.75) is 12.8 Å². The lowest BCUT2D eigenvalue weighted by Crippen LogP contribution is -2.40. The number of fused-ring (bicyclic) bond motifs is 1. The number of benzene rings is 2. The lowest BCUT2D eigenvalue weighted by molar-refractivity contribution is 0.0684. The maximum absolute atomic E-state index is 13.1. The van der Waals surface area contributed by atoms with Gasteiger partial charge in [0.2, 0.25) is 0 Å². The fraction of sp³-hybridized carbons (Fsp3) is 0.417. The van der Waals surface area contributed by atoms with Crippen molar-refractivity contribution < 1.29 is 29.4 Å². The molecule has 0 spiro atoms. The zero-order chi connectivity index (χ0) is 28.6. The summed E-state index contributed by atoms with van der Waals surface area (Å²) in [6.07, 6.45) is 1.40. The number of hydrogen-bond donors (Lipinski definition) is 6. The van der Waals surface area contributed by atoms with E-state index in [0.717, 1.165) is 25.2 Å². The Labute approximate surface area is 230 Å². The highest BCUT2D eigenvalue weighted by Crippen LogP contribution is 2.38. The van der Waals surface area contributed by atoms with Gasteiger partial charge >= 0.3 is 11.9 Å². The topological polar surface area (TPSA) is 163 Å². The first-order chi connectivity index (χ1) is 17.9. The molecule has 12 nitrogen and oxygen atoms in total. The first kappa shape index (κ1) is 31.2. The Morgan fingerprint density at radius 1 is 0.711 bits per heavy atom. The zero-order valence-electron chi connectivity index (χ0n) is 21.6. The quantitative estimate of drug-likeness (QED) is 0.146. The standard InChI is InChI=1S/C24H32Cl2N6O6/c1-31(2)9-5-7-27-29-21(33)13-11-15(25)19(22(34)30-28-8-6-10-32(3)4)18-14(23(35)36)12-16(26)20(17(13)18)24(37)38/h11-12,27-28H,5-10H2,1-4H3,(H,29,33)(H,30,34)(H,35,36)(H,37,38). The van der Waals surface area contributed by atoms with Crippen molar-refractivity contribution in [3.63, 3.8) is 0 Å². The van der Waals surface area contributed by atoms with E-state index >= 15 is 0 Å². The maximum Gasteiger partial charge on any atom is 0.337 e. The molecule has 0 saturated heterocycles. The van der Waals surface area contributed by atoms with Gasteiger partial charge in [0.1, 0.15) is 0 Å². The predicted octanol–water partition coefficient (Wildman–Crippen LogP) is 1.92. The van der Waals surface area contributed by atoms with Crippen LogP contribution in [0.25, 0.3) is 10.8 Å². The Kier molecular flexibility index (Phi) is 11.7. The molecule has 2 rings (SSSR count). The molecule has 2 aromatic carbocycles.